The van der Waals surface area contributed by atoms with Crippen LogP contribution in [0.2, 0.25) is 0 Å². The molecule has 0 aromatic rings. The van der Waals surface area contributed by atoms with Crippen molar-refractivity contribution in [2.75, 3.05) is 26.2 Å². The fourth-order valence-electron chi connectivity index (χ4n) is 2.31. The number of carbonyl (C=O) groups is 2. The van der Waals surface area contributed by atoms with E-state index < -0.39 is 12.1 Å². The number of amides is 2. The van der Waals surface area contributed by atoms with Crippen LogP contribution < -0.4 is 0 Å². The van der Waals surface area contributed by atoms with Crippen molar-refractivity contribution in [3.63, 3.8) is 0 Å². The summed E-state index contributed by atoms with van der Waals surface area (Å²) in [6.07, 6.45) is 3.16. The molecule has 1 heterocycles. The molecule has 0 radical (unpaired) electrons. The van der Waals surface area contributed by atoms with Crippen LogP contribution in [0.5, 0.6) is 0 Å². The highest BCUT2D eigenvalue weighted by atomic mass is 16.4. The molecule has 102 valence electrons. The average Bonchev–Trinajstić information content (AvgIpc) is 3.10. The number of hydrogen-bond acceptors (Lipinski definition) is 3. The zero-order chi connectivity index (χ0) is 13.1. The first-order valence-electron chi connectivity index (χ1n) is 6.50. The molecular formula is C12H20N2O4. The van der Waals surface area contributed by atoms with E-state index in [1.165, 1.54) is 4.90 Å². The van der Waals surface area contributed by atoms with Gasteiger partial charge >= 0.3 is 12.0 Å². The Bertz CT molecular complexity index is 330. The van der Waals surface area contributed by atoms with Crippen LogP contribution in [0.25, 0.3) is 0 Å². The summed E-state index contributed by atoms with van der Waals surface area (Å²) in [5.41, 5.74) is 0. The minimum atomic E-state index is -0.985. The molecule has 2 amide bonds. The zero-order valence-electron chi connectivity index (χ0n) is 10.4. The molecule has 2 rings (SSSR count). The van der Waals surface area contributed by atoms with Crippen molar-refractivity contribution in [2.45, 2.75) is 31.8 Å². The molecule has 1 unspecified atom stereocenters. The number of piperidine rings is 1. The van der Waals surface area contributed by atoms with Crippen LogP contribution in [0.1, 0.15) is 25.7 Å². The van der Waals surface area contributed by atoms with Gasteiger partial charge in [0.25, 0.3) is 0 Å². The number of aliphatic hydroxyl groups excluding tert-OH is 1. The fraction of sp³-hybridized carbons (Fsp3) is 0.833. The number of hydrogen-bond donors (Lipinski definition) is 2. The first-order chi connectivity index (χ1) is 8.56. The zero-order valence-corrected chi connectivity index (χ0v) is 10.4. The Morgan fingerprint density at radius 2 is 2.00 bits per heavy atom. The summed E-state index contributed by atoms with van der Waals surface area (Å²) in [7, 11) is 0. The first-order valence-corrected chi connectivity index (χ1v) is 6.50. The molecule has 2 fully saturated rings. The van der Waals surface area contributed by atoms with Gasteiger partial charge in [0.05, 0.1) is 6.10 Å². The van der Waals surface area contributed by atoms with Crippen LogP contribution in [0.3, 0.4) is 0 Å². The molecule has 0 spiro atoms. The summed E-state index contributed by atoms with van der Waals surface area (Å²) in [6, 6.07) is -0.247. The van der Waals surface area contributed by atoms with Crippen LogP contribution in [0, 0.1) is 5.92 Å². The minimum Gasteiger partial charge on any atom is -0.480 e. The molecule has 2 N–H and O–H groups in total. The molecule has 2 aliphatic rings. The van der Waals surface area contributed by atoms with Crippen molar-refractivity contribution < 1.29 is 19.8 Å². The Labute approximate surface area is 106 Å². The maximum absolute atomic E-state index is 12.2. The molecule has 0 aromatic heterocycles. The summed E-state index contributed by atoms with van der Waals surface area (Å²) in [5, 5.41) is 18.4. The van der Waals surface area contributed by atoms with E-state index in [1.807, 2.05) is 0 Å². The van der Waals surface area contributed by atoms with E-state index >= 15 is 0 Å². The Hall–Kier alpha value is -1.30. The largest absolute Gasteiger partial charge is 0.480 e. The maximum Gasteiger partial charge on any atom is 0.323 e. The monoisotopic (exact) mass is 256 g/mol. The van der Waals surface area contributed by atoms with Gasteiger partial charge in [-0.1, -0.05) is 0 Å². The molecule has 18 heavy (non-hydrogen) atoms. The minimum absolute atomic E-state index is 0.247. The van der Waals surface area contributed by atoms with Crippen LogP contribution >= 0.6 is 0 Å². The number of carboxylic acid groups (broad SMARTS) is 1. The number of β-amino-alcohol motifs (C(OH)–C–C–N with tert-alkyl or cyclic N) is 1. The quantitative estimate of drug-likeness (QED) is 0.761. The van der Waals surface area contributed by atoms with Crippen molar-refractivity contribution >= 4 is 12.0 Å². The normalized spacial score (nSPS) is 23.8. The van der Waals surface area contributed by atoms with Gasteiger partial charge in [0.1, 0.15) is 6.54 Å². The van der Waals surface area contributed by atoms with Crippen LogP contribution in [-0.4, -0.2) is 64.3 Å². The van der Waals surface area contributed by atoms with E-state index in [0.29, 0.717) is 32.0 Å². The summed E-state index contributed by atoms with van der Waals surface area (Å²) >= 11 is 0. The highest BCUT2D eigenvalue weighted by Gasteiger charge is 2.31. The standard InChI is InChI=1S/C12H20N2O4/c15-10-2-1-5-13(7-10)12(18)14(8-11(16)17)6-9-3-4-9/h9-10,15H,1-8H2,(H,16,17). The molecule has 0 bridgehead atoms. The second kappa shape index (κ2) is 5.56. The van der Waals surface area contributed by atoms with Gasteiger partial charge in [0.2, 0.25) is 0 Å². The van der Waals surface area contributed by atoms with Gasteiger partial charge in [-0.15, -0.1) is 0 Å². The number of rotatable bonds is 4. The predicted molar refractivity (Wildman–Crippen MR) is 64.1 cm³/mol. The van der Waals surface area contributed by atoms with Gasteiger partial charge < -0.3 is 20.0 Å². The van der Waals surface area contributed by atoms with Gasteiger partial charge in [-0.2, -0.15) is 0 Å². The molecule has 1 aliphatic heterocycles. The van der Waals surface area contributed by atoms with E-state index in [9.17, 15) is 14.7 Å². The van der Waals surface area contributed by atoms with Crippen molar-refractivity contribution in [3.05, 3.63) is 0 Å². The van der Waals surface area contributed by atoms with E-state index in [0.717, 1.165) is 19.3 Å². The number of likely N-dealkylation sites (tertiary alicyclic amines) is 1. The molecule has 1 saturated heterocycles. The fourth-order valence-corrected chi connectivity index (χ4v) is 2.31. The number of carbonyl (C=O) groups excluding carboxylic acids is 1. The molecule has 6 nitrogen and oxygen atoms in total. The smallest absolute Gasteiger partial charge is 0.323 e. The number of urea groups is 1. The summed E-state index contributed by atoms with van der Waals surface area (Å²) < 4.78 is 0. The Kier molecular flexibility index (Phi) is 4.06. The second-order valence-electron chi connectivity index (χ2n) is 5.24. The summed E-state index contributed by atoms with van der Waals surface area (Å²) in [6.45, 7) is 1.20. The highest BCUT2D eigenvalue weighted by molar-refractivity contribution is 5.80. The van der Waals surface area contributed by atoms with E-state index in [4.69, 9.17) is 5.11 Å². The van der Waals surface area contributed by atoms with E-state index in [1.54, 1.807) is 4.90 Å². The third-order valence-electron chi connectivity index (χ3n) is 3.44. The van der Waals surface area contributed by atoms with Gasteiger partial charge in [-0.3, -0.25) is 4.79 Å². The lowest BCUT2D eigenvalue weighted by Crippen LogP contribution is -2.50. The number of aliphatic hydroxyl groups is 1. The molecular weight excluding hydrogens is 236 g/mol. The topological polar surface area (TPSA) is 81.1 Å². The van der Waals surface area contributed by atoms with Gasteiger partial charge in [0, 0.05) is 19.6 Å². The Morgan fingerprint density at radius 1 is 1.28 bits per heavy atom. The first kappa shape index (κ1) is 13.1. The van der Waals surface area contributed by atoms with Crippen molar-refractivity contribution in [2.24, 2.45) is 5.92 Å². The lowest BCUT2D eigenvalue weighted by atomic mass is 10.1. The van der Waals surface area contributed by atoms with E-state index in [-0.39, 0.29) is 12.6 Å². The van der Waals surface area contributed by atoms with Crippen LogP contribution in [0.4, 0.5) is 4.79 Å². The highest BCUT2D eigenvalue weighted by Crippen LogP contribution is 2.30. The van der Waals surface area contributed by atoms with Crippen molar-refractivity contribution in [1.29, 1.82) is 0 Å². The van der Waals surface area contributed by atoms with Gasteiger partial charge in [0.15, 0.2) is 0 Å². The second-order valence-corrected chi connectivity index (χ2v) is 5.24. The molecule has 1 atom stereocenters. The average molecular weight is 256 g/mol. The van der Waals surface area contributed by atoms with Crippen LogP contribution in [0.15, 0.2) is 0 Å². The Morgan fingerprint density at radius 3 is 2.56 bits per heavy atom. The lowest BCUT2D eigenvalue weighted by molar-refractivity contribution is -0.137. The van der Waals surface area contributed by atoms with Crippen molar-refractivity contribution in [3.8, 4) is 0 Å². The summed E-state index contributed by atoms with van der Waals surface area (Å²) in [5.74, 6) is -0.524. The molecule has 0 aromatic carbocycles. The van der Waals surface area contributed by atoms with Gasteiger partial charge in [-0.25, -0.2) is 4.79 Å². The van der Waals surface area contributed by atoms with E-state index in [2.05, 4.69) is 0 Å². The number of nitrogens with zero attached hydrogens (tertiary/aromatic N) is 2. The van der Waals surface area contributed by atoms with Crippen LogP contribution in [-0.2, 0) is 4.79 Å². The number of carboxylic acids is 1. The van der Waals surface area contributed by atoms with Gasteiger partial charge in [-0.05, 0) is 31.6 Å². The molecule has 1 saturated carbocycles. The number of aliphatic carboxylic acids is 1. The third kappa shape index (κ3) is 3.60. The predicted octanol–water partition coefficient (Wildman–Crippen LogP) is 0.360. The Balaban J connectivity index is 1.94. The lowest BCUT2D eigenvalue weighted by Gasteiger charge is -2.34. The SMILES string of the molecule is O=C(O)CN(CC1CC1)C(=O)N1CCCC(O)C1. The molecule has 6 heteroatoms. The maximum atomic E-state index is 12.2. The molecule has 1 aliphatic carbocycles. The van der Waals surface area contributed by atoms with Crippen molar-refractivity contribution in [1.82, 2.24) is 9.80 Å². The third-order valence-corrected chi connectivity index (χ3v) is 3.44. The summed E-state index contributed by atoms with van der Waals surface area (Å²) in [4.78, 5) is 26.0.